The summed E-state index contributed by atoms with van der Waals surface area (Å²) in [5.41, 5.74) is 1.64. The zero-order chi connectivity index (χ0) is 21.1. The smallest absolute Gasteiger partial charge is 0.275 e. The third kappa shape index (κ3) is 4.22. The highest BCUT2D eigenvalue weighted by Crippen LogP contribution is 2.26. The Labute approximate surface area is 176 Å². The van der Waals surface area contributed by atoms with Gasteiger partial charge in [0.05, 0.1) is 5.39 Å². The molecular formula is C24H28N4O2. The molecule has 3 aromatic rings. The van der Waals surface area contributed by atoms with Gasteiger partial charge in [0.2, 0.25) is 5.91 Å². The van der Waals surface area contributed by atoms with Gasteiger partial charge in [-0.05, 0) is 48.9 Å². The number of aryl methyl sites for hydroxylation is 1. The van der Waals surface area contributed by atoms with Crippen LogP contribution in [-0.4, -0.2) is 28.8 Å². The molecular weight excluding hydrogens is 376 g/mol. The van der Waals surface area contributed by atoms with Gasteiger partial charge in [-0.3, -0.25) is 9.59 Å². The fourth-order valence-corrected chi connectivity index (χ4v) is 3.98. The van der Waals surface area contributed by atoms with E-state index in [9.17, 15) is 9.59 Å². The topological polar surface area (TPSA) is 67.2 Å². The SMILES string of the molecule is CCc1cccc(NC(=O)Cn2nc(N3CCC(C)CC3)c3ccccc3c2=O)c1. The highest BCUT2D eigenvalue weighted by Gasteiger charge is 2.21. The van der Waals surface area contributed by atoms with Crippen molar-refractivity contribution in [2.75, 3.05) is 23.3 Å². The van der Waals surface area contributed by atoms with E-state index in [1.807, 2.05) is 48.5 Å². The Morgan fingerprint density at radius 1 is 1.10 bits per heavy atom. The van der Waals surface area contributed by atoms with Gasteiger partial charge >= 0.3 is 0 Å². The Kier molecular flexibility index (Phi) is 5.84. The zero-order valence-electron chi connectivity index (χ0n) is 17.6. The summed E-state index contributed by atoms with van der Waals surface area (Å²) in [5.74, 6) is 1.23. The molecule has 1 amide bonds. The van der Waals surface area contributed by atoms with Crippen LogP contribution in [0.2, 0.25) is 0 Å². The van der Waals surface area contributed by atoms with E-state index in [0.717, 1.165) is 54.8 Å². The number of rotatable bonds is 5. The molecule has 1 aliphatic heterocycles. The fraction of sp³-hybridized carbons (Fsp3) is 0.375. The second kappa shape index (κ2) is 8.69. The maximum Gasteiger partial charge on any atom is 0.275 e. The van der Waals surface area contributed by atoms with Gasteiger partial charge in [-0.25, -0.2) is 4.68 Å². The summed E-state index contributed by atoms with van der Waals surface area (Å²) in [6.07, 6.45) is 3.10. The molecule has 0 bridgehead atoms. The van der Waals surface area contributed by atoms with E-state index in [-0.39, 0.29) is 18.0 Å². The van der Waals surface area contributed by atoms with Gasteiger partial charge in [-0.15, -0.1) is 0 Å². The summed E-state index contributed by atoms with van der Waals surface area (Å²) in [6, 6.07) is 15.3. The van der Waals surface area contributed by atoms with Crippen molar-refractivity contribution < 1.29 is 4.79 Å². The van der Waals surface area contributed by atoms with Crippen LogP contribution < -0.4 is 15.8 Å². The lowest BCUT2D eigenvalue weighted by Crippen LogP contribution is -2.37. The number of hydrogen-bond acceptors (Lipinski definition) is 4. The molecule has 1 saturated heterocycles. The summed E-state index contributed by atoms with van der Waals surface area (Å²) >= 11 is 0. The van der Waals surface area contributed by atoms with E-state index in [1.165, 1.54) is 4.68 Å². The average Bonchev–Trinajstić information content (AvgIpc) is 2.76. The molecule has 6 heteroatoms. The van der Waals surface area contributed by atoms with Gasteiger partial charge in [-0.1, -0.05) is 44.2 Å². The molecule has 0 radical (unpaired) electrons. The maximum absolute atomic E-state index is 13.0. The number of benzene rings is 2. The number of aromatic nitrogens is 2. The minimum atomic E-state index is -0.258. The lowest BCUT2D eigenvalue weighted by molar-refractivity contribution is -0.117. The van der Waals surface area contributed by atoms with Crippen molar-refractivity contribution in [3.05, 3.63) is 64.4 Å². The molecule has 1 fully saturated rings. The second-order valence-corrected chi connectivity index (χ2v) is 8.10. The fourth-order valence-electron chi connectivity index (χ4n) is 3.98. The number of hydrogen-bond donors (Lipinski definition) is 1. The second-order valence-electron chi connectivity index (χ2n) is 8.10. The zero-order valence-corrected chi connectivity index (χ0v) is 17.6. The number of nitrogens with one attached hydrogen (secondary N) is 1. The van der Waals surface area contributed by atoms with Crippen LogP contribution in [0.1, 0.15) is 32.3 Å². The number of amides is 1. The summed E-state index contributed by atoms with van der Waals surface area (Å²) < 4.78 is 1.30. The predicted molar refractivity (Wildman–Crippen MR) is 121 cm³/mol. The minimum absolute atomic E-state index is 0.114. The van der Waals surface area contributed by atoms with Crippen molar-refractivity contribution in [1.82, 2.24) is 9.78 Å². The lowest BCUT2D eigenvalue weighted by Gasteiger charge is -2.32. The summed E-state index contributed by atoms with van der Waals surface area (Å²) in [5, 5.41) is 8.98. The molecule has 1 aliphatic rings. The predicted octanol–water partition coefficient (Wildman–Crippen LogP) is 3.83. The highest BCUT2D eigenvalue weighted by atomic mass is 16.2. The van der Waals surface area contributed by atoms with Crippen LogP contribution in [0.15, 0.2) is 53.3 Å². The van der Waals surface area contributed by atoms with Crippen molar-refractivity contribution in [3.8, 4) is 0 Å². The lowest BCUT2D eigenvalue weighted by atomic mass is 9.99. The average molecular weight is 405 g/mol. The first kappa shape index (κ1) is 20.1. The standard InChI is InChI=1S/C24H28N4O2/c1-3-18-7-6-8-19(15-18)25-22(29)16-28-24(30)21-10-5-4-9-20(21)23(26-28)27-13-11-17(2)12-14-27/h4-10,15,17H,3,11-14,16H2,1-2H3,(H,25,29). The monoisotopic (exact) mass is 404 g/mol. The van der Waals surface area contributed by atoms with E-state index in [2.05, 4.69) is 29.2 Å². The molecule has 156 valence electrons. The molecule has 0 saturated carbocycles. The third-order valence-corrected chi connectivity index (χ3v) is 5.84. The summed E-state index contributed by atoms with van der Waals surface area (Å²) in [6.45, 7) is 6.04. The molecule has 2 aromatic carbocycles. The molecule has 0 unspecified atom stereocenters. The quantitative estimate of drug-likeness (QED) is 0.702. The number of anilines is 2. The highest BCUT2D eigenvalue weighted by molar-refractivity contribution is 5.93. The number of piperidine rings is 1. The van der Waals surface area contributed by atoms with Crippen molar-refractivity contribution in [2.24, 2.45) is 5.92 Å². The molecule has 0 aliphatic carbocycles. The van der Waals surface area contributed by atoms with Crippen molar-refractivity contribution in [2.45, 2.75) is 39.7 Å². The van der Waals surface area contributed by atoms with Gasteiger partial charge in [0, 0.05) is 24.2 Å². The van der Waals surface area contributed by atoms with Crippen molar-refractivity contribution in [1.29, 1.82) is 0 Å². The maximum atomic E-state index is 13.0. The van der Waals surface area contributed by atoms with E-state index >= 15 is 0 Å². The normalized spacial score (nSPS) is 14.8. The molecule has 2 heterocycles. The van der Waals surface area contributed by atoms with Gasteiger partial charge in [0.1, 0.15) is 6.54 Å². The van der Waals surface area contributed by atoms with Crippen LogP contribution in [0.25, 0.3) is 10.8 Å². The van der Waals surface area contributed by atoms with Crippen LogP contribution in [0.3, 0.4) is 0 Å². The van der Waals surface area contributed by atoms with Crippen LogP contribution in [0.4, 0.5) is 11.5 Å². The number of fused-ring (bicyclic) bond motifs is 1. The Hall–Kier alpha value is -3.15. The van der Waals surface area contributed by atoms with Crippen LogP contribution in [0, 0.1) is 5.92 Å². The van der Waals surface area contributed by atoms with Crippen molar-refractivity contribution in [3.63, 3.8) is 0 Å². The Balaban J connectivity index is 1.64. The third-order valence-electron chi connectivity index (χ3n) is 5.84. The van der Waals surface area contributed by atoms with Gasteiger partial charge in [-0.2, -0.15) is 5.10 Å². The van der Waals surface area contributed by atoms with E-state index in [1.54, 1.807) is 0 Å². The Morgan fingerprint density at radius 3 is 2.57 bits per heavy atom. The first-order chi connectivity index (χ1) is 14.5. The molecule has 1 aromatic heterocycles. The first-order valence-electron chi connectivity index (χ1n) is 10.7. The summed E-state index contributed by atoms with van der Waals surface area (Å²) in [4.78, 5) is 27.9. The number of nitrogens with zero attached hydrogens (tertiary/aromatic N) is 3. The Bertz CT molecular complexity index is 1110. The van der Waals surface area contributed by atoms with Crippen LogP contribution in [0.5, 0.6) is 0 Å². The molecule has 0 spiro atoms. The molecule has 0 atom stereocenters. The molecule has 4 rings (SSSR count). The Morgan fingerprint density at radius 2 is 1.83 bits per heavy atom. The van der Waals surface area contributed by atoms with E-state index in [0.29, 0.717) is 11.3 Å². The van der Waals surface area contributed by atoms with E-state index < -0.39 is 0 Å². The van der Waals surface area contributed by atoms with E-state index in [4.69, 9.17) is 0 Å². The number of carbonyl (C=O) groups is 1. The summed E-state index contributed by atoms with van der Waals surface area (Å²) in [7, 11) is 0. The number of carbonyl (C=O) groups excluding carboxylic acids is 1. The molecule has 1 N–H and O–H groups in total. The van der Waals surface area contributed by atoms with Crippen molar-refractivity contribution >= 4 is 28.2 Å². The largest absolute Gasteiger partial charge is 0.355 e. The van der Waals surface area contributed by atoms with Gasteiger partial charge < -0.3 is 10.2 Å². The molecule has 30 heavy (non-hydrogen) atoms. The van der Waals surface area contributed by atoms with Crippen LogP contribution >= 0.6 is 0 Å². The van der Waals surface area contributed by atoms with Gasteiger partial charge in [0.25, 0.3) is 5.56 Å². The van der Waals surface area contributed by atoms with Gasteiger partial charge in [0.15, 0.2) is 5.82 Å². The minimum Gasteiger partial charge on any atom is -0.355 e. The molecule has 6 nitrogen and oxygen atoms in total. The first-order valence-corrected chi connectivity index (χ1v) is 10.7. The van der Waals surface area contributed by atoms with Crippen LogP contribution in [-0.2, 0) is 17.8 Å².